The zero-order valence-corrected chi connectivity index (χ0v) is 13.2. The molecular formula is C15H25NO2S. The number of benzene rings is 1. The van der Waals surface area contributed by atoms with Crippen molar-refractivity contribution >= 4 is 9.84 Å². The van der Waals surface area contributed by atoms with Gasteiger partial charge in [-0.05, 0) is 29.5 Å². The first-order chi connectivity index (χ1) is 8.68. The SMILES string of the molecule is CC(C)(C)c1ccc(CNCCCS(C)(=O)=O)cc1. The first-order valence-electron chi connectivity index (χ1n) is 6.66. The van der Waals surface area contributed by atoms with Gasteiger partial charge in [0.1, 0.15) is 9.84 Å². The van der Waals surface area contributed by atoms with Crippen molar-refractivity contribution in [2.75, 3.05) is 18.6 Å². The summed E-state index contributed by atoms with van der Waals surface area (Å²) in [5, 5.41) is 3.27. The lowest BCUT2D eigenvalue weighted by molar-refractivity contribution is 0.589. The van der Waals surface area contributed by atoms with E-state index in [0.717, 1.165) is 13.1 Å². The number of nitrogens with one attached hydrogen (secondary N) is 1. The van der Waals surface area contributed by atoms with Crippen LogP contribution in [0.25, 0.3) is 0 Å². The van der Waals surface area contributed by atoms with Crippen molar-refractivity contribution < 1.29 is 8.42 Å². The highest BCUT2D eigenvalue weighted by Crippen LogP contribution is 2.22. The molecule has 108 valence electrons. The minimum Gasteiger partial charge on any atom is -0.313 e. The molecule has 19 heavy (non-hydrogen) atoms. The van der Waals surface area contributed by atoms with E-state index in [9.17, 15) is 8.42 Å². The van der Waals surface area contributed by atoms with Crippen LogP contribution in [0, 0.1) is 0 Å². The van der Waals surface area contributed by atoms with Gasteiger partial charge in [-0.2, -0.15) is 0 Å². The topological polar surface area (TPSA) is 46.2 Å². The van der Waals surface area contributed by atoms with Crippen LogP contribution in [-0.2, 0) is 21.8 Å². The minimum absolute atomic E-state index is 0.182. The fourth-order valence-electron chi connectivity index (χ4n) is 1.81. The summed E-state index contributed by atoms with van der Waals surface area (Å²) in [5.74, 6) is 0.253. The van der Waals surface area contributed by atoms with Crippen LogP contribution < -0.4 is 5.32 Å². The van der Waals surface area contributed by atoms with Gasteiger partial charge in [0.15, 0.2) is 0 Å². The summed E-state index contributed by atoms with van der Waals surface area (Å²) in [6, 6.07) is 8.58. The largest absolute Gasteiger partial charge is 0.313 e. The maximum atomic E-state index is 11.0. The third-order valence-corrected chi connectivity index (χ3v) is 4.05. The molecule has 1 aromatic carbocycles. The molecule has 0 aliphatic heterocycles. The van der Waals surface area contributed by atoms with Crippen molar-refractivity contribution in [1.82, 2.24) is 5.32 Å². The van der Waals surface area contributed by atoms with E-state index in [0.29, 0.717) is 6.42 Å². The molecule has 3 nitrogen and oxygen atoms in total. The molecule has 1 N–H and O–H groups in total. The van der Waals surface area contributed by atoms with Crippen LogP contribution in [0.4, 0.5) is 0 Å². The Balaban J connectivity index is 2.35. The van der Waals surface area contributed by atoms with Crippen molar-refractivity contribution in [3.63, 3.8) is 0 Å². The Morgan fingerprint density at radius 2 is 1.68 bits per heavy atom. The lowest BCUT2D eigenvalue weighted by Crippen LogP contribution is -2.18. The normalized spacial score (nSPS) is 12.6. The Labute approximate surface area is 117 Å². The fraction of sp³-hybridized carbons (Fsp3) is 0.600. The average Bonchev–Trinajstić information content (AvgIpc) is 2.26. The van der Waals surface area contributed by atoms with E-state index in [4.69, 9.17) is 0 Å². The van der Waals surface area contributed by atoms with Crippen molar-refractivity contribution in [2.45, 2.75) is 39.2 Å². The summed E-state index contributed by atoms with van der Waals surface area (Å²) in [5.41, 5.74) is 2.74. The first kappa shape index (κ1) is 16.2. The van der Waals surface area contributed by atoms with E-state index in [1.165, 1.54) is 17.4 Å². The Morgan fingerprint density at radius 1 is 1.11 bits per heavy atom. The highest BCUT2D eigenvalue weighted by atomic mass is 32.2. The van der Waals surface area contributed by atoms with Gasteiger partial charge in [0.05, 0.1) is 5.75 Å². The van der Waals surface area contributed by atoms with Crippen LogP contribution in [-0.4, -0.2) is 27.0 Å². The second-order valence-electron chi connectivity index (χ2n) is 6.11. The van der Waals surface area contributed by atoms with Gasteiger partial charge >= 0.3 is 0 Å². The smallest absolute Gasteiger partial charge is 0.147 e. The highest BCUT2D eigenvalue weighted by molar-refractivity contribution is 7.90. The summed E-state index contributed by atoms with van der Waals surface area (Å²) in [7, 11) is -2.83. The van der Waals surface area contributed by atoms with E-state index in [1.807, 2.05) is 0 Å². The third-order valence-electron chi connectivity index (χ3n) is 3.02. The van der Waals surface area contributed by atoms with Gasteiger partial charge in [-0.1, -0.05) is 45.0 Å². The van der Waals surface area contributed by atoms with Crippen molar-refractivity contribution in [3.05, 3.63) is 35.4 Å². The second-order valence-corrected chi connectivity index (χ2v) is 8.37. The third kappa shape index (κ3) is 6.73. The van der Waals surface area contributed by atoms with E-state index in [2.05, 4.69) is 50.4 Å². The van der Waals surface area contributed by atoms with Gasteiger partial charge in [0, 0.05) is 12.8 Å². The molecule has 0 aromatic heterocycles. The van der Waals surface area contributed by atoms with Crippen LogP contribution >= 0.6 is 0 Å². The number of rotatable bonds is 6. The second kappa shape index (κ2) is 6.53. The zero-order chi connectivity index (χ0) is 14.5. The first-order valence-corrected chi connectivity index (χ1v) is 8.72. The minimum atomic E-state index is -2.83. The molecule has 0 aliphatic rings. The molecule has 0 atom stereocenters. The summed E-state index contributed by atoms with van der Waals surface area (Å²) < 4.78 is 21.9. The van der Waals surface area contributed by atoms with Crippen LogP contribution in [0.5, 0.6) is 0 Å². The number of hydrogen-bond donors (Lipinski definition) is 1. The van der Waals surface area contributed by atoms with Crippen LogP contribution in [0.1, 0.15) is 38.3 Å². The maximum Gasteiger partial charge on any atom is 0.147 e. The molecule has 0 amide bonds. The Bertz CT molecular complexity index is 484. The molecule has 0 bridgehead atoms. The Morgan fingerprint density at radius 3 is 2.16 bits per heavy atom. The van der Waals surface area contributed by atoms with E-state index >= 15 is 0 Å². The fourth-order valence-corrected chi connectivity index (χ4v) is 2.48. The molecule has 0 unspecified atom stereocenters. The predicted octanol–water partition coefficient (Wildman–Crippen LogP) is 2.51. The van der Waals surface area contributed by atoms with Crippen LogP contribution in [0.2, 0.25) is 0 Å². The molecule has 0 spiro atoms. The highest BCUT2D eigenvalue weighted by Gasteiger charge is 2.12. The molecular weight excluding hydrogens is 258 g/mol. The predicted molar refractivity (Wildman–Crippen MR) is 81.2 cm³/mol. The van der Waals surface area contributed by atoms with Crippen LogP contribution in [0.3, 0.4) is 0 Å². The van der Waals surface area contributed by atoms with Gasteiger partial charge in [-0.25, -0.2) is 8.42 Å². The summed E-state index contributed by atoms with van der Waals surface area (Å²) >= 11 is 0. The van der Waals surface area contributed by atoms with Gasteiger partial charge in [0.25, 0.3) is 0 Å². The van der Waals surface area contributed by atoms with Crippen molar-refractivity contribution in [3.8, 4) is 0 Å². The summed E-state index contributed by atoms with van der Waals surface area (Å²) in [6.07, 6.45) is 1.94. The van der Waals surface area contributed by atoms with E-state index in [-0.39, 0.29) is 11.2 Å². The van der Waals surface area contributed by atoms with Gasteiger partial charge in [0.2, 0.25) is 0 Å². The monoisotopic (exact) mass is 283 g/mol. The number of sulfone groups is 1. The molecule has 0 fully saturated rings. The molecule has 1 rings (SSSR count). The van der Waals surface area contributed by atoms with Gasteiger partial charge < -0.3 is 5.32 Å². The molecule has 0 aliphatic carbocycles. The zero-order valence-electron chi connectivity index (χ0n) is 12.4. The molecule has 0 radical (unpaired) electrons. The molecule has 0 saturated carbocycles. The van der Waals surface area contributed by atoms with E-state index in [1.54, 1.807) is 0 Å². The molecule has 4 heteroatoms. The van der Waals surface area contributed by atoms with Crippen LogP contribution in [0.15, 0.2) is 24.3 Å². The van der Waals surface area contributed by atoms with Gasteiger partial charge in [-0.15, -0.1) is 0 Å². The quantitative estimate of drug-likeness (QED) is 0.816. The van der Waals surface area contributed by atoms with Crippen molar-refractivity contribution in [1.29, 1.82) is 0 Å². The molecule has 0 heterocycles. The lowest BCUT2D eigenvalue weighted by Gasteiger charge is -2.19. The Hall–Kier alpha value is -0.870. The Kier molecular flexibility index (Phi) is 5.56. The summed E-state index contributed by atoms with van der Waals surface area (Å²) in [6.45, 7) is 8.12. The summed E-state index contributed by atoms with van der Waals surface area (Å²) in [4.78, 5) is 0. The molecule has 1 aromatic rings. The van der Waals surface area contributed by atoms with Gasteiger partial charge in [-0.3, -0.25) is 0 Å². The maximum absolute atomic E-state index is 11.0. The van der Waals surface area contributed by atoms with Crippen molar-refractivity contribution in [2.24, 2.45) is 0 Å². The number of hydrogen-bond acceptors (Lipinski definition) is 3. The standard InChI is InChI=1S/C15H25NO2S/c1-15(2,3)14-8-6-13(7-9-14)12-16-10-5-11-19(4,17)18/h6-9,16H,5,10-12H2,1-4H3. The average molecular weight is 283 g/mol. The molecule has 0 saturated heterocycles. The lowest BCUT2D eigenvalue weighted by atomic mass is 9.87. The van der Waals surface area contributed by atoms with E-state index < -0.39 is 9.84 Å².